The summed E-state index contributed by atoms with van der Waals surface area (Å²) >= 11 is 1.00. The van der Waals surface area contributed by atoms with Gasteiger partial charge in [0.05, 0.1) is 16.0 Å². The Morgan fingerprint density at radius 3 is 2.82 bits per heavy atom. The predicted octanol–water partition coefficient (Wildman–Crippen LogP) is 2.68. The largest absolute Gasteiger partial charge is 0.318 e. The first-order valence-electron chi connectivity index (χ1n) is 4.55. The van der Waals surface area contributed by atoms with Gasteiger partial charge in [0, 0.05) is 12.4 Å². The lowest BCUT2D eigenvalue weighted by Gasteiger charge is -2.02. The topological polar surface area (TPSA) is 68.9 Å². The zero-order valence-corrected chi connectivity index (χ0v) is 9.22. The summed E-state index contributed by atoms with van der Waals surface area (Å²) in [5.74, 6) is -0.858. The van der Waals surface area contributed by atoms with Gasteiger partial charge in [0.2, 0.25) is 5.82 Å². The highest BCUT2D eigenvalue weighted by molar-refractivity contribution is 7.99. The minimum atomic E-state index is -0.858. The van der Waals surface area contributed by atoms with Gasteiger partial charge in [0.15, 0.2) is 0 Å². The van der Waals surface area contributed by atoms with Gasteiger partial charge < -0.3 is 0 Å². The van der Waals surface area contributed by atoms with E-state index >= 15 is 0 Å². The van der Waals surface area contributed by atoms with Gasteiger partial charge in [-0.25, -0.2) is 4.98 Å². The van der Waals surface area contributed by atoms with Crippen molar-refractivity contribution in [2.75, 3.05) is 0 Å². The molecule has 0 aliphatic rings. The lowest BCUT2D eigenvalue weighted by atomic mass is 10.3. The van der Waals surface area contributed by atoms with Crippen molar-refractivity contribution in [1.29, 1.82) is 0 Å². The fourth-order valence-corrected chi connectivity index (χ4v) is 2.07. The van der Waals surface area contributed by atoms with Crippen LogP contribution in [0.2, 0.25) is 0 Å². The van der Waals surface area contributed by atoms with Crippen molar-refractivity contribution in [2.24, 2.45) is 0 Å². The van der Waals surface area contributed by atoms with Gasteiger partial charge in [-0.3, -0.25) is 15.1 Å². The second-order valence-corrected chi connectivity index (χ2v) is 4.05. The second kappa shape index (κ2) is 4.88. The predicted molar refractivity (Wildman–Crippen MR) is 59.2 cm³/mol. The zero-order chi connectivity index (χ0) is 12.3. The maximum absolute atomic E-state index is 13.3. The average Bonchev–Trinajstić information content (AvgIpc) is 2.30. The van der Waals surface area contributed by atoms with E-state index in [-0.39, 0.29) is 4.90 Å². The molecule has 0 saturated heterocycles. The van der Waals surface area contributed by atoms with E-state index in [9.17, 15) is 14.5 Å². The van der Waals surface area contributed by atoms with Crippen LogP contribution in [0.5, 0.6) is 0 Å². The van der Waals surface area contributed by atoms with Crippen LogP contribution < -0.4 is 0 Å². The highest BCUT2D eigenvalue weighted by atomic mass is 32.2. The summed E-state index contributed by atoms with van der Waals surface area (Å²) in [5, 5.41) is 11.2. The van der Waals surface area contributed by atoms with Crippen LogP contribution in [0.1, 0.15) is 0 Å². The number of nitrogens with zero attached hydrogens (tertiary/aromatic N) is 3. The van der Waals surface area contributed by atoms with Crippen LogP contribution in [0.15, 0.2) is 46.7 Å². The molecule has 2 aromatic rings. The van der Waals surface area contributed by atoms with E-state index in [0.717, 1.165) is 17.8 Å². The number of benzene rings is 1. The number of para-hydroxylation sites is 1. The Labute approximate surface area is 99.9 Å². The van der Waals surface area contributed by atoms with Gasteiger partial charge in [-0.05, 0) is 12.1 Å². The molecule has 0 aliphatic heterocycles. The summed E-state index contributed by atoms with van der Waals surface area (Å²) < 4.78 is 13.3. The monoisotopic (exact) mass is 251 g/mol. The molecule has 0 radical (unpaired) electrons. The van der Waals surface area contributed by atoms with E-state index in [1.54, 1.807) is 0 Å². The number of rotatable bonds is 3. The molecule has 2 rings (SSSR count). The van der Waals surface area contributed by atoms with Crippen LogP contribution in [-0.4, -0.2) is 14.9 Å². The SMILES string of the molecule is O=[N+]([O-])c1c(F)cccc1Sc1cnccn1. The van der Waals surface area contributed by atoms with Gasteiger partial charge in [-0.15, -0.1) is 0 Å². The van der Waals surface area contributed by atoms with Crippen LogP contribution in [0, 0.1) is 15.9 Å². The van der Waals surface area contributed by atoms with Crippen LogP contribution in [-0.2, 0) is 0 Å². The van der Waals surface area contributed by atoms with E-state index < -0.39 is 16.4 Å². The number of halogens is 1. The second-order valence-electron chi connectivity index (χ2n) is 2.99. The standard InChI is InChI=1S/C10H6FN3O2S/c11-7-2-1-3-8(10(7)14(15)16)17-9-6-12-4-5-13-9/h1-6H. The molecular formula is C10H6FN3O2S. The molecule has 86 valence electrons. The summed E-state index contributed by atoms with van der Waals surface area (Å²) in [4.78, 5) is 18.0. The Morgan fingerprint density at radius 2 is 2.18 bits per heavy atom. The molecule has 7 heteroatoms. The molecule has 0 atom stereocenters. The third-order valence-corrected chi connectivity index (χ3v) is 2.86. The van der Waals surface area contributed by atoms with Crippen molar-refractivity contribution in [2.45, 2.75) is 9.92 Å². The Balaban J connectivity index is 2.40. The molecule has 17 heavy (non-hydrogen) atoms. The van der Waals surface area contributed by atoms with Gasteiger partial charge in [-0.2, -0.15) is 4.39 Å². The van der Waals surface area contributed by atoms with Crippen LogP contribution >= 0.6 is 11.8 Å². The average molecular weight is 251 g/mol. The maximum atomic E-state index is 13.3. The van der Waals surface area contributed by atoms with E-state index in [0.29, 0.717) is 5.03 Å². The van der Waals surface area contributed by atoms with Gasteiger partial charge >= 0.3 is 5.69 Å². The zero-order valence-electron chi connectivity index (χ0n) is 8.41. The number of hydrogen-bond donors (Lipinski definition) is 0. The normalized spacial score (nSPS) is 10.2. The minimum absolute atomic E-state index is 0.204. The molecule has 0 aliphatic carbocycles. The smallest absolute Gasteiger partial charge is 0.260 e. The number of nitro groups is 1. The molecule has 0 bridgehead atoms. The molecule has 0 fully saturated rings. The Hall–Kier alpha value is -2.02. The van der Waals surface area contributed by atoms with Crippen LogP contribution in [0.3, 0.4) is 0 Å². The van der Waals surface area contributed by atoms with Crippen LogP contribution in [0.4, 0.5) is 10.1 Å². The summed E-state index contributed by atoms with van der Waals surface area (Å²) in [6.45, 7) is 0. The van der Waals surface area contributed by atoms with E-state index in [1.807, 2.05) is 0 Å². The molecule has 5 nitrogen and oxygen atoms in total. The first kappa shape index (κ1) is 11.5. The summed E-state index contributed by atoms with van der Waals surface area (Å²) in [7, 11) is 0. The third-order valence-electron chi connectivity index (χ3n) is 1.89. The molecule has 1 aromatic carbocycles. The summed E-state index contributed by atoms with van der Waals surface area (Å²) in [6, 6.07) is 3.94. The van der Waals surface area contributed by atoms with Crippen molar-refractivity contribution in [3.8, 4) is 0 Å². The Kier molecular flexibility index (Phi) is 3.29. The molecule has 0 N–H and O–H groups in total. The lowest BCUT2D eigenvalue weighted by molar-refractivity contribution is -0.390. The fourth-order valence-electron chi connectivity index (χ4n) is 1.21. The first-order valence-corrected chi connectivity index (χ1v) is 5.37. The van der Waals surface area contributed by atoms with Crippen molar-refractivity contribution in [1.82, 2.24) is 9.97 Å². The van der Waals surface area contributed by atoms with E-state index in [2.05, 4.69) is 9.97 Å². The quantitative estimate of drug-likeness (QED) is 0.619. The highest BCUT2D eigenvalue weighted by Crippen LogP contribution is 2.34. The first-order chi connectivity index (χ1) is 8.18. The fraction of sp³-hybridized carbons (Fsp3) is 0. The number of aromatic nitrogens is 2. The number of nitro benzene ring substituents is 1. The van der Waals surface area contributed by atoms with Gasteiger partial charge in [0.1, 0.15) is 5.03 Å². The van der Waals surface area contributed by atoms with Gasteiger partial charge in [-0.1, -0.05) is 17.8 Å². The van der Waals surface area contributed by atoms with Crippen molar-refractivity contribution >= 4 is 17.4 Å². The molecular weight excluding hydrogens is 245 g/mol. The maximum Gasteiger partial charge on any atom is 0.318 e. The van der Waals surface area contributed by atoms with E-state index in [1.165, 1.54) is 30.7 Å². The van der Waals surface area contributed by atoms with Crippen molar-refractivity contribution in [3.05, 3.63) is 52.7 Å². The third kappa shape index (κ3) is 2.56. The minimum Gasteiger partial charge on any atom is -0.260 e. The summed E-state index contributed by atoms with van der Waals surface area (Å²) in [5.41, 5.74) is -0.539. The highest BCUT2D eigenvalue weighted by Gasteiger charge is 2.20. The Bertz CT molecular complexity index is 551. The number of hydrogen-bond acceptors (Lipinski definition) is 5. The molecule has 0 saturated carbocycles. The van der Waals surface area contributed by atoms with Crippen molar-refractivity contribution in [3.63, 3.8) is 0 Å². The molecule has 0 spiro atoms. The Morgan fingerprint density at radius 1 is 1.35 bits per heavy atom. The van der Waals surface area contributed by atoms with E-state index in [4.69, 9.17) is 0 Å². The molecule has 1 heterocycles. The molecule has 0 amide bonds. The summed E-state index contributed by atoms with van der Waals surface area (Å²) in [6.07, 6.45) is 4.41. The van der Waals surface area contributed by atoms with Crippen molar-refractivity contribution < 1.29 is 9.31 Å². The molecule has 0 unspecified atom stereocenters. The lowest BCUT2D eigenvalue weighted by Crippen LogP contribution is -1.95. The van der Waals surface area contributed by atoms with Crippen LogP contribution in [0.25, 0.3) is 0 Å². The van der Waals surface area contributed by atoms with Gasteiger partial charge in [0.25, 0.3) is 0 Å². The molecule has 1 aromatic heterocycles.